The predicted molar refractivity (Wildman–Crippen MR) is 66.4 cm³/mol. The fraction of sp³-hybridized carbons (Fsp3) is 0.417. The summed E-state index contributed by atoms with van der Waals surface area (Å²) < 4.78 is 5.40. The maximum atomic E-state index is 11.3. The van der Waals surface area contributed by atoms with Gasteiger partial charge in [0.15, 0.2) is 6.23 Å². The molecule has 0 aliphatic carbocycles. The predicted octanol–water partition coefficient (Wildman–Crippen LogP) is 0.797. The number of amides is 2. The topological polar surface area (TPSA) is 90.8 Å². The highest BCUT2D eigenvalue weighted by Crippen LogP contribution is 2.16. The number of aliphatic hydroxyl groups excluding tert-OH is 1. The van der Waals surface area contributed by atoms with Gasteiger partial charge in [-0.3, -0.25) is 0 Å². The fourth-order valence-corrected chi connectivity index (χ4v) is 1.23. The van der Waals surface area contributed by atoms with E-state index in [0.29, 0.717) is 5.75 Å². The highest BCUT2D eigenvalue weighted by atomic mass is 16.5. The lowest BCUT2D eigenvalue weighted by Gasteiger charge is -2.17. The number of aromatic hydroxyl groups is 1. The Labute approximate surface area is 106 Å². The summed E-state index contributed by atoms with van der Waals surface area (Å²) in [5.41, 5.74) is 0. The lowest BCUT2D eigenvalue weighted by Crippen LogP contribution is -2.45. The van der Waals surface area contributed by atoms with Gasteiger partial charge in [-0.2, -0.15) is 0 Å². The van der Waals surface area contributed by atoms with Gasteiger partial charge >= 0.3 is 6.03 Å². The molecule has 2 unspecified atom stereocenters. The van der Waals surface area contributed by atoms with Gasteiger partial charge in [0, 0.05) is 6.54 Å². The van der Waals surface area contributed by atoms with E-state index < -0.39 is 18.4 Å². The Morgan fingerprint density at radius 1 is 1.33 bits per heavy atom. The van der Waals surface area contributed by atoms with Crippen molar-refractivity contribution in [2.45, 2.75) is 26.2 Å². The molecule has 0 radical (unpaired) electrons. The van der Waals surface area contributed by atoms with Crippen LogP contribution in [-0.4, -0.2) is 35.1 Å². The second-order valence-corrected chi connectivity index (χ2v) is 3.96. The molecule has 0 aliphatic rings. The summed E-state index contributed by atoms with van der Waals surface area (Å²) in [5, 5.41) is 23.1. The number of rotatable bonds is 5. The van der Waals surface area contributed by atoms with Crippen molar-refractivity contribution < 1.29 is 19.7 Å². The molecule has 100 valence electrons. The zero-order valence-corrected chi connectivity index (χ0v) is 10.4. The molecule has 0 bridgehead atoms. The summed E-state index contributed by atoms with van der Waals surface area (Å²) in [6, 6.07) is 5.77. The Morgan fingerprint density at radius 3 is 2.50 bits per heavy atom. The van der Waals surface area contributed by atoms with Gasteiger partial charge in [0.05, 0.1) is 6.10 Å². The summed E-state index contributed by atoms with van der Waals surface area (Å²) >= 11 is 0. The normalized spacial score (nSPS) is 13.5. The highest BCUT2D eigenvalue weighted by Gasteiger charge is 2.08. The molecule has 4 N–H and O–H groups in total. The zero-order valence-electron chi connectivity index (χ0n) is 10.4. The SMILES string of the molecule is CC(O)CNC(=O)NC(C)Oc1ccc(O)cc1. The number of carbonyl (C=O) groups excluding carboxylic acids is 1. The molecule has 1 aromatic rings. The van der Waals surface area contributed by atoms with Crippen LogP contribution < -0.4 is 15.4 Å². The molecule has 1 rings (SSSR count). The van der Waals surface area contributed by atoms with E-state index in [0.717, 1.165) is 0 Å². The minimum atomic E-state index is -0.593. The summed E-state index contributed by atoms with van der Waals surface area (Å²) in [6.45, 7) is 3.43. The number of phenols is 1. The Balaban J connectivity index is 2.34. The van der Waals surface area contributed by atoms with Crippen LogP contribution in [0.15, 0.2) is 24.3 Å². The smallest absolute Gasteiger partial charge is 0.317 e. The van der Waals surface area contributed by atoms with Crippen LogP contribution in [0.5, 0.6) is 11.5 Å². The third-order valence-electron chi connectivity index (χ3n) is 2.04. The van der Waals surface area contributed by atoms with Crippen molar-refractivity contribution in [2.24, 2.45) is 0 Å². The molecular weight excluding hydrogens is 236 g/mol. The molecule has 0 heterocycles. The van der Waals surface area contributed by atoms with E-state index in [1.54, 1.807) is 26.0 Å². The van der Waals surface area contributed by atoms with E-state index in [1.807, 2.05) is 0 Å². The first-order valence-corrected chi connectivity index (χ1v) is 5.65. The second-order valence-electron chi connectivity index (χ2n) is 3.96. The second kappa shape index (κ2) is 6.70. The van der Waals surface area contributed by atoms with Gasteiger partial charge < -0.3 is 25.6 Å². The Bertz CT molecular complexity index is 378. The van der Waals surface area contributed by atoms with E-state index in [4.69, 9.17) is 14.9 Å². The zero-order chi connectivity index (χ0) is 13.5. The maximum Gasteiger partial charge on any atom is 0.317 e. The molecule has 0 saturated heterocycles. The van der Waals surface area contributed by atoms with Crippen molar-refractivity contribution in [1.82, 2.24) is 10.6 Å². The quantitative estimate of drug-likeness (QED) is 0.585. The number of hydrogen-bond acceptors (Lipinski definition) is 4. The van der Waals surface area contributed by atoms with Gasteiger partial charge in [-0.25, -0.2) is 4.79 Å². The minimum Gasteiger partial charge on any atom is -0.508 e. The number of carbonyl (C=O) groups is 1. The molecule has 6 heteroatoms. The summed E-state index contributed by atoms with van der Waals surface area (Å²) in [4.78, 5) is 11.3. The van der Waals surface area contributed by atoms with E-state index in [2.05, 4.69) is 10.6 Å². The molecule has 1 aromatic carbocycles. The lowest BCUT2D eigenvalue weighted by molar-refractivity contribution is 0.166. The molecule has 0 aromatic heterocycles. The maximum absolute atomic E-state index is 11.3. The molecule has 0 aliphatic heterocycles. The fourth-order valence-electron chi connectivity index (χ4n) is 1.23. The monoisotopic (exact) mass is 254 g/mol. The summed E-state index contributed by atoms with van der Waals surface area (Å²) in [6.07, 6.45) is -1.12. The third-order valence-corrected chi connectivity index (χ3v) is 2.04. The number of nitrogens with one attached hydrogen (secondary N) is 2. The number of aliphatic hydroxyl groups is 1. The van der Waals surface area contributed by atoms with Crippen molar-refractivity contribution in [3.63, 3.8) is 0 Å². The van der Waals surface area contributed by atoms with Crippen LogP contribution in [0.3, 0.4) is 0 Å². The Kier molecular flexibility index (Phi) is 5.26. The van der Waals surface area contributed by atoms with Gasteiger partial charge in [0.1, 0.15) is 11.5 Å². The minimum absolute atomic E-state index is 0.151. The number of benzene rings is 1. The molecule has 6 nitrogen and oxygen atoms in total. The number of phenolic OH excluding ortho intramolecular Hbond substituents is 1. The van der Waals surface area contributed by atoms with E-state index >= 15 is 0 Å². The molecule has 18 heavy (non-hydrogen) atoms. The third kappa shape index (κ3) is 5.40. The first kappa shape index (κ1) is 14.1. The van der Waals surface area contributed by atoms with Crippen molar-refractivity contribution in [2.75, 3.05) is 6.54 Å². The van der Waals surface area contributed by atoms with Crippen molar-refractivity contribution in [1.29, 1.82) is 0 Å². The largest absolute Gasteiger partial charge is 0.508 e. The van der Waals surface area contributed by atoms with Crippen LogP contribution in [0, 0.1) is 0 Å². The standard InChI is InChI=1S/C12H18N2O4/c1-8(15)7-13-12(17)14-9(2)18-11-5-3-10(16)4-6-11/h3-6,8-9,15-16H,7H2,1-2H3,(H2,13,14,17). The van der Waals surface area contributed by atoms with Crippen LogP contribution in [0.2, 0.25) is 0 Å². The summed E-state index contributed by atoms with van der Waals surface area (Å²) in [7, 11) is 0. The van der Waals surface area contributed by atoms with Gasteiger partial charge in [0.25, 0.3) is 0 Å². The molecule has 2 amide bonds. The van der Waals surface area contributed by atoms with Gasteiger partial charge in [-0.05, 0) is 38.1 Å². The summed E-state index contributed by atoms with van der Waals surface area (Å²) in [5.74, 6) is 0.689. The van der Waals surface area contributed by atoms with Crippen molar-refractivity contribution in [3.05, 3.63) is 24.3 Å². The van der Waals surface area contributed by atoms with Crippen molar-refractivity contribution >= 4 is 6.03 Å². The first-order chi connectivity index (χ1) is 8.47. The van der Waals surface area contributed by atoms with Crippen LogP contribution in [0.25, 0.3) is 0 Å². The average Bonchev–Trinajstić information content (AvgIpc) is 2.29. The molecule has 0 spiro atoms. The number of urea groups is 1. The van der Waals surface area contributed by atoms with Crippen LogP contribution in [0.4, 0.5) is 4.79 Å². The highest BCUT2D eigenvalue weighted by molar-refractivity contribution is 5.74. The van der Waals surface area contributed by atoms with Crippen molar-refractivity contribution in [3.8, 4) is 11.5 Å². The molecule has 0 fully saturated rings. The van der Waals surface area contributed by atoms with E-state index in [1.165, 1.54) is 12.1 Å². The average molecular weight is 254 g/mol. The van der Waals surface area contributed by atoms with Gasteiger partial charge in [-0.15, -0.1) is 0 Å². The Morgan fingerprint density at radius 2 is 1.94 bits per heavy atom. The van der Waals surface area contributed by atoms with E-state index in [9.17, 15) is 4.79 Å². The van der Waals surface area contributed by atoms with E-state index in [-0.39, 0.29) is 12.3 Å². The molecule has 2 atom stereocenters. The first-order valence-electron chi connectivity index (χ1n) is 5.65. The molecule has 0 saturated carbocycles. The lowest BCUT2D eigenvalue weighted by atomic mass is 10.3. The van der Waals surface area contributed by atoms with Gasteiger partial charge in [-0.1, -0.05) is 0 Å². The van der Waals surface area contributed by atoms with Crippen LogP contribution >= 0.6 is 0 Å². The molecular formula is C12H18N2O4. The van der Waals surface area contributed by atoms with Crippen LogP contribution in [0.1, 0.15) is 13.8 Å². The number of ether oxygens (including phenoxy) is 1. The van der Waals surface area contributed by atoms with Gasteiger partial charge in [0.2, 0.25) is 0 Å². The van der Waals surface area contributed by atoms with Crippen LogP contribution in [-0.2, 0) is 0 Å². The number of hydrogen-bond donors (Lipinski definition) is 4. The Hall–Kier alpha value is -1.95.